The first kappa shape index (κ1) is 14.3. The largest absolute Gasteiger partial charge is 0.376 e. The summed E-state index contributed by atoms with van der Waals surface area (Å²) in [5.74, 6) is 0.787. The van der Waals surface area contributed by atoms with Gasteiger partial charge in [0.05, 0.1) is 24.3 Å². The second-order valence-corrected chi connectivity index (χ2v) is 6.27. The van der Waals surface area contributed by atoms with E-state index in [1.807, 2.05) is 23.2 Å². The van der Waals surface area contributed by atoms with Crippen LogP contribution in [-0.4, -0.2) is 45.5 Å². The zero-order valence-electron chi connectivity index (χ0n) is 13.0. The summed E-state index contributed by atoms with van der Waals surface area (Å²) in [5.41, 5.74) is 2.74. The fraction of sp³-hybridized carbons (Fsp3) is 0.412. The highest BCUT2D eigenvalue weighted by Crippen LogP contribution is 2.39. The second-order valence-electron chi connectivity index (χ2n) is 6.27. The summed E-state index contributed by atoms with van der Waals surface area (Å²) in [5, 5.41) is 0. The Labute approximate surface area is 134 Å². The summed E-state index contributed by atoms with van der Waals surface area (Å²) in [7, 11) is 0. The summed E-state index contributed by atoms with van der Waals surface area (Å²) in [6, 6.07) is 3.83. The zero-order valence-corrected chi connectivity index (χ0v) is 13.0. The number of ether oxygens (including phenoxy) is 1. The van der Waals surface area contributed by atoms with E-state index in [-0.39, 0.29) is 11.3 Å². The number of likely N-dealkylation sites (tertiary alicyclic amines) is 1. The Morgan fingerprint density at radius 2 is 2.30 bits per heavy atom. The highest BCUT2D eigenvalue weighted by Gasteiger charge is 2.45. The lowest BCUT2D eigenvalue weighted by Gasteiger charge is -2.34. The first-order chi connectivity index (χ1) is 11.2. The molecule has 0 aromatic carbocycles. The number of nitrogens with zero attached hydrogens (tertiary/aromatic N) is 4. The molecule has 1 amide bonds. The Bertz CT molecular complexity index is 750. The van der Waals surface area contributed by atoms with Crippen LogP contribution < -0.4 is 0 Å². The second kappa shape index (κ2) is 5.38. The molecule has 2 aromatic heterocycles. The molecule has 2 aliphatic heterocycles. The topological polar surface area (TPSA) is 68.2 Å². The summed E-state index contributed by atoms with van der Waals surface area (Å²) in [4.78, 5) is 27.0. The number of hydrogen-bond acceptors (Lipinski definition) is 5. The van der Waals surface area contributed by atoms with Gasteiger partial charge in [-0.05, 0) is 18.6 Å². The minimum absolute atomic E-state index is 0.107. The third-order valence-corrected chi connectivity index (χ3v) is 4.72. The van der Waals surface area contributed by atoms with Gasteiger partial charge < -0.3 is 9.64 Å². The van der Waals surface area contributed by atoms with Crippen molar-refractivity contribution in [3.8, 4) is 11.4 Å². The first-order valence-electron chi connectivity index (χ1n) is 7.78. The molecule has 0 N–H and O–H groups in total. The fourth-order valence-corrected chi connectivity index (χ4v) is 3.48. The molecule has 118 valence electrons. The summed E-state index contributed by atoms with van der Waals surface area (Å²) < 4.78 is 5.78. The normalized spacial score (nSPS) is 23.1. The molecule has 23 heavy (non-hydrogen) atoms. The lowest BCUT2D eigenvalue weighted by Crippen LogP contribution is -2.41. The number of rotatable bonds is 1. The van der Waals surface area contributed by atoms with Crippen molar-refractivity contribution in [3.63, 3.8) is 0 Å². The summed E-state index contributed by atoms with van der Waals surface area (Å²) in [6.45, 7) is 4.17. The van der Waals surface area contributed by atoms with Gasteiger partial charge in [-0.15, -0.1) is 0 Å². The van der Waals surface area contributed by atoms with Gasteiger partial charge in [-0.3, -0.25) is 9.78 Å². The predicted octanol–water partition coefficient (Wildman–Crippen LogP) is 1.56. The molecule has 1 unspecified atom stereocenters. The number of hydrogen-bond donors (Lipinski definition) is 0. The number of fused-ring (bicyclic) bond motifs is 2. The van der Waals surface area contributed by atoms with E-state index >= 15 is 0 Å². The molecule has 1 saturated heterocycles. The first-order valence-corrected chi connectivity index (χ1v) is 7.78. The molecule has 1 atom stereocenters. The number of aromatic nitrogens is 3. The van der Waals surface area contributed by atoms with Gasteiger partial charge >= 0.3 is 0 Å². The lowest BCUT2D eigenvalue weighted by atomic mass is 9.80. The van der Waals surface area contributed by atoms with E-state index in [0.29, 0.717) is 25.6 Å². The van der Waals surface area contributed by atoms with Gasteiger partial charge in [0.25, 0.3) is 0 Å². The highest BCUT2D eigenvalue weighted by molar-refractivity contribution is 5.74. The van der Waals surface area contributed by atoms with E-state index in [9.17, 15) is 4.79 Å². The van der Waals surface area contributed by atoms with Gasteiger partial charge in [0.1, 0.15) is 0 Å². The monoisotopic (exact) mass is 310 g/mol. The average Bonchev–Trinajstić information content (AvgIpc) is 3.01. The van der Waals surface area contributed by atoms with Crippen molar-refractivity contribution in [2.24, 2.45) is 0 Å². The molecular formula is C17H18N4O2. The molecule has 1 spiro atoms. The third kappa shape index (κ3) is 2.39. The zero-order chi connectivity index (χ0) is 15.9. The van der Waals surface area contributed by atoms with Gasteiger partial charge in [-0.25, -0.2) is 9.97 Å². The van der Waals surface area contributed by atoms with E-state index < -0.39 is 0 Å². The number of carbonyl (C=O) groups excluding carboxylic acids is 1. The molecule has 0 saturated carbocycles. The van der Waals surface area contributed by atoms with Crippen molar-refractivity contribution in [3.05, 3.63) is 42.0 Å². The van der Waals surface area contributed by atoms with E-state index in [2.05, 4.69) is 9.97 Å². The van der Waals surface area contributed by atoms with Crippen molar-refractivity contribution in [2.45, 2.75) is 25.4 Å². The molecule has 6 nitrogen and oxygen atoms in total. The minimum atomic E-state index is -0.209. The van der Waals surface area contributed by atoms with Gasteiger partial charge in [0, 0.05) is 49.7 Å². The fourth-order valence-electron chi connectivity index (χ4n) is 3.48. The molecule has 1 fully saturated rings. The summed E-state index contributed by atoms with van der Waals surface area (Å²) >= 11 is 0. The highest BCUT2D eigenvalue weighted by atomic mass is 16.5. The molecule has 2 aromatic rings. The van der Waals surface area contributed by atoms with Crippen LogP contribution in [0.25, 0.3) is 11.4 Å². The van der Waals surface area contributed by atoms with Crippen LogP contribution in [0.4, 0.5) is 0 Å². The standard InChI is InChI=1S/C17H18N4O2/c1-12(22)21-6-4-17(10-21)11-23-9-14-8-19-16(20-15(14)17)13-3-2-5-18-7-13/h2-3,5,7-8H,4,6,9-11H2,1H3. The van der Waals surface area contributed by atoms with Crippen LogP contribution >= 0.6 is 0 Å². The Balaban J connectivity index is 1.77. The summed E-state index contributed by atoms with van der Waals surface area (Å²) in [6.07, 6.45) is 6.23. The van der Waals surface area contributed by atoms with Crippen LogP contribution in [0.2, 0.25) is 0 Å². The lowest BCUT2D eigenvalue weighted by molar-refractivity contribution is -0.128. The molecule has 0 aliphatic carbocycles. The van der Waals surface area contributed by atoms with Crippen LogP contribution in [0.1, 0.15) is 24.6 Å². The molecular weight excluding hydrogens is 292 g/mol. The number of carbonyl (C=O) groups is 1. The molecule has 4 heterocycles. The maximum atomic E-state index is 11.7. The number of pyridine rings is 1. The van der Waals surface area contributed by atoms with Crippen molar-refractivity contribution < 1.29 is 9.53 Å². The number of amides is 1. The Morgan fingerprint density at radius 3 is 3.04 bits per heavy atom. The van der Waals surface area contributed by atoms with E-state index in [1.54, 1.807) is 19.3 Å². The molecule has 0 radical (unpaired) electrons. The minimum Gasteiger partial charge on any atom is -0.376 e. The maximum absolute atomic E-state index is 11.7. The Morgan fingerprint density at radius 1 is 1.39 bits per heavy atom. The molecule has 4 rings (SSSR count). The van der Waals surface area contributed by atoms with Crippen LogP contribution in [0.5, 0.6) is 0 Å². The van der Waals surface area contributed by atoms with Crippen LogP contribution in [-0.2, 0) is 21.6 Å². The molecule has 0 bridgehead atoms. The molecule has 2 aliphatic rings. The SMILES string of the molecule is CC(=O)N1CCC2(COCc3cnc(-c4cccnc4)nc32)C1. The third-order valence-electron chi connectivity index (χ3n) is 4.72. The van der Waals surface area contributed by atoms with E-state index in [1.165, 1.54) is 0 Å². The van der Waals surface area contributed by atoms with Crippen molar-refractivity contribution >= 4 is 5.91 Å². The van der Waals surface area contributed by atoms with Gasteiger partial charge in [0.15, 0.2) is 5.82 Å². The van der Waals surface area contributed by atoms with Gasteiger partial charge in [0.2, 0.25) is 5.91 Å². The quantitative estimate of drug-likeness (QED) is 0.799. The van der Waals surface area contributed by atoms with Crippen molar-refractivity contribution in [1.29, 1.82) is 0 Å². The average molecular weight is 310 g/mol. The van der Waals surface area contributed by atoms with Crippen molar-refractivity contribution in [2.75, 3.05) is 19.7 Å². The van der Waals surface area contributed by atoms with Crippen molar-refractivity contribution in [1.82, 2.24) is 19.9 Å². The van der Waals surface area contributed by atoms with Gasteiger partial charge in [-0.1, -0.05) is 0 Å². The van der Waals surface area contributed by atoms with Crippen LogP contribution in [0.15, 0.2) is 30.7 Å². The van der Waals surface area contributed by atoms with E-state index in [4.69, 9.17) is 9.72 Å². The molecule has 6 heteroatoms. The van der Waals surface area contributed by atoms with Crippen LogP contribution in [0, 0.1) is 0 Å². The Kier molecular flexibility index (Phi) is 3.34. The smallest absolute Gasteiger partial charge is 0.219 e. The Hall–Kier alpha value is -2.34. The van der Waals surface area contributed by atoms with Gasteiger partial charge in [-0.2, -0.15) is 0 Å². The predicted molar refractivity (Wildman–Crippen MR) is 83.5 cm³/mol. The van der Waals surface area contributed by atoms with E-state index in [0.717, 1.165) is 29.8 Å². The maximum Gasteiger partial charge on any atom is 0.219 e. The van der Waals surface area contributed by atoms with Crippen LogP contribution in [0.3, 0.4) is 0 Å².